The Bertz CT molecular complexity index is 3900. The molecule has 7 heterocycles. The van der Waals surface area contributed by atoms with E-state index in [1.54, 1.807) is 19.4 Å². The number of benzene rings is 5. The highest BCUT2D eigenvalue weighted by Gasteiger charge is 2.73. The van der Waals surface area contributed by atoms with Gasteiger partial charge >= 0.3 is 0 Å². The number of nitrogens with two attached hydrogens (primary N) is 1. The number of pyridine rings is 1. The Morgan fingerprint density at radius 3 is 2.27 bits per heavy atom. The van der Waals surface area contributed by atoms with Crippen molar-refractivity contribution in [2.75, 3.05) is 75.4 Å². The number of hydrogen-bond acceptors (Lipinski definition) is 12. The van der Waals surface area contributed by atoms with E-state index < -0.39 is 11.0 Å². The van der Waals surface area contributed by atoms with Gasteiger partial charge in [-0.2, -0.15) is 0 Å². The van der Waals surface area contributed by atoms with Crippen LogP contribution in [0.5, 0.6) is 17.2 Å². The lowest BCUT2D eigenvalue weighted by atomic mass is 9.49. The molecule has 5 atom stereocenters. The van der Waals surface area contributed by atoms with E-state index >= 15 is 0 Å². The van der Waals surface area contributed by atoms with E-state index in [9.17, 15) is 15.0 Å². The summed E-state index contributed by atoms with van der Waals surface area (Å²) < 4.78 is 12.0. The number of phenolic OH excluding ortho intramolecular Hbond substituents is 1. The third kappa shape index (κ3) is 15.1. The third-order valence-electron chi connectivity index (χ3n) is 19.6. The maximum absolute atomic E-state index is 12.7. The number of nitrogens with zero attached hydrogens (tertiary/aromatic N) is 2. The first-order valence-electron chi connectivity index (χ1n) is 34.3. The third-order valence-corrected chi connectivity index (χ3v) is 19.6. The molecular weight excluding hydrogens is 1170 g/mol. The Morgan fingerprint density at radius 1 is 0.798 bits per heavy atom. The van der Waals surface area contributed by atoms with Gasteiger partial charge in [0.05, 0.1) is 35.1 Å². The molecule has 4 aromatic heterocycles. The van der Waals surface area contributed by atoms with Crippen molar-refractivity contribution < 1.29 is 24.5 Å². The summed E-state index contributed by atoms with van der Waals surface area (Å²) >= 11 is 0. The molecule has 12 N–H and O–H groups in total. The fourth-order valence-electron chi connectivity index (χ4n) is 14.7. The molecule has 1 saturated carbocycles. The van der Waals surface area contributed by atoms with Crippen molar-refractivity contribution in [1.82, 2.24) is 35.5 Å². The number of H-pyrrole nitrogens is 3. The highest BCUT2D eigenvalue weighted by molar-refractivity contribution is 6.35. The average Bonchev–Trinajstić information content (AvgIpc) is 1.43. The smallest absolute Gasteiger partial charge is 0.256 e. The van der Waals surface area contributed by atoms with Crippen LogP contribution in [0, 0.1) is 5.92 Å². The minimum absolute atomic E-state index is 0.0760. The Balaban J connectivity index is 0.000000128. The number of nitrogens with one attached hydrogen (secondary N) is 8. The quantitative estimate of drug-likeness (QED) is 0.0180. The van der Waals surface area contributed by atoms with Crippen LogP contribution < -0.4 is 41.8 Å². The normalized spacial score (nSPS) is 20.0. The van der Waals surface area contributed by atoms with Crippen molar-refractivity contribution >= 4 is 45.5 Å². The van der Waals surface area contributed by atoms with Gasteiger partial charge in [-0.25, -0.2) is 0 Å². The fraction of sp³-hybridized carbons (Fsp3) is 0.385. The molecule has 16 nitrogen and oxygen atoms in total. The van der Waals surface area contributed by atoms with Gasteiger partial charge in [0.2, 0.25) is 0 Å². The molecule has 2 bridgehead atoms. The van der Waals surface area contributed by atoms with Crippen LogP contribution in [-0.4, -0.2) is 118 Å². The molecule has 3 aliphatic carbocycles. The van der Waals surface area contributed by atoms with Crippen molar-refractivity contribution in [3.05, 3.63) is 210 Å². The van der Waals surface area contributed by atoms with Crippen LogP contribution in [0.25, 0.3) is 33.7 Å². The number of aliphatic hydroxyl groups is 1. The van der Waals surface area contributed by atoms with Gasteiger partial charge in [0.25, 0.3) is 5.91 Å². The van der Waals surface area contributed by atoms with Crippen LogP contribution in [0.1, 0.15) is 123 Å². The van der Waals surface area contributed by atoms with Crippen molar-refractivity contribution in [2.24, 2.45) is 11.7 Å². The number of aromatic amines is 3. The minimum atomic E-state index is -0.908. The highest BCUT2D eigenvalue weighted by Crippen LogP contribution is 2.69. The number of para-hydroxylation sites is 4. The van der Waals surface area contributed by atoms with Gasteiger partial charge in [0.15, 0.2) is 17.6 Å². The number of aromatic nitrogens is 4. The number of phenols is 1. The fourth-order valence-corrected chi connectivity index (χ4v) is 14.7. The summed E-state index contributed by atoms with van der Waals surface area (Å²) in [7, 11) is 1.72. The van der Waals surface area contributed by atoms with Crippen LogP contribution in [0.3, 0.4) is 0 Å². The summed E-state index contributed by atoms with van der Waals surface area (Å²) in [4.78, 5) is 28.6. The van der Waals surface area contributed by atoms with Crippen molar-refractivity contribution in [3.63, 3.8) is 0 Å². The number of fused-ring (bicyclic) bond motifs is 5. The monoisotopic (exact) mass is 1270 g/mol. The predicted octanol–water partition coefficient (Wildman–Crippen LogP) is 13.6. The van der Waals surface area contributed by atoms with Crippen molar-refractivity contribution in [2.45, 2.75) is 126 Å². The molecule has 16 heteroatoms. The van der Waals surface area contributed by atoms with Crippen LogP contribution in [-0.2, 0) is 29.5 Å². The summed E-state index contributed by atoms with van der Waals surface area (Å²) in [6.07, 6.45) is 26.8. The second kappa shape index (κ2) is 31.1. The van der Waals surface area contributed by atoms with E-state index in [1.165, 1.54) is 92.0 Å². The molecule has 94 heavy (non-hydrogen) atoms. The molecule has 1 amide bonds. The number of anilines is 3. The topological polar surface area (TPSA) is 226 Å². The van der Waals surface area contributed by atoms with E-state index in [-0.39, 0.29) is 29.8 Å². The summed E-state index contributed by atoms with van der Waals surface area (Å²) in [6.45, 7) is 10.6. The van der Waals surface area contributed by atoms with Gasteiger partial charge < -0.3 is 67.0 Å². The molecule has 6 aliphatic rings. The lowest BCUT2D eigenvalue weighted by molar-refractivity contribution is -0.173. The lowest BCUT2D eigenvalue weighted by Crippen LogP contribution is -2.74. The molecule has 9 aromatic rings. The molecule has 0 radical (unpaired) electrons. The number of carbonyl (C=O) groups is 1. The first-order chi connectivity index (χ1) is 46.1. The number of amides is 1. The van der Waals surface area contributed by atoms with Gasteiger partial charge in [0.1, 0.15) is 5.75 Å². The molecule has 492 valence electrons. The molecule has 1 spiro atoms. The molecule has 5 aromatic carbocycles. The second-order valence-corrected chi connectivity index (χ2v) is 26.3. The zero-order chi connectivity index (χ0) is 64.7. The van der Waals surface area contributed by atoms with Crippen molar-refractivity contribution in [1.29, 1.82) is 0 Å². The number of carbonyl (C=O) groups excluding carboxylic acids is 1. The standard InChI is InChI=1S/C27H44N4O.C26H26N2O3.C18H13N3O.C7H12N2/c1-32-27-18-8-7-17-26(27)31-24-14-12-22-29-20-10-3-2-9-19-28-21-11-13-23-30-25-15-5-4-6-16-25;29-19-8-7-15-11-20-26(30)12-17-16-3-1-2-4-18(16)27-22(17)24-25(26,21(15)23(19)31-24)9-10-28(20)13-14-5-6-14;22-18-16(10-14-4-2-8-20-14)15-9-12(5-6-17(15)21-18)13-3-1-7-19-11-13;1-6(8)4-7-2-3-9-5-7/h4-8,15-18,28-31H,2-3,9-14,19-24H2,1H3;1-4,7-8,14,20,24,27,29-30H,5-6,9-13H2;1-11,20H,(H,21,22);2-3,5-6,9H,4,8H2,1H3/t;20?,24?,25?,26-;;6-/m.1.1/s1. The van der Waals surface area contributed by atoms with Gasteiger partial charge in [-0.3, -0.25) is 14.7 Å². The Kier molecular flexibility index (Phi) is 21.6. The first kappa shape index (κ1) is 65.4. The number of ether oxygens (including phenoxy) is 2. The van der Waals surface area contributed by atoms with E-state index in [4.69, 9.17) is 15.2 Å². The van der Waals surface area contributed by atoms with E-state index in [1.807, 2.05) is 111 Å². The summed E-state index contributed by atoms with van der Waals surface area (Å²) in [5.74, 6) is 2.42. The molecule has 3 aliphatic heterocycles. The molecule has 1 saturated heterocycles. The van der Waals surface area contributed by atoms with E-state index in [0.717, 1.165) is 134 Å². The number of piperidine rings is 1. The summed E-state index contributed by atoms with van der Waals surface area (Å²) in [5, 5.41) is 41.6. The summed E-state index contributed by atoms with van der Waals surface area (Å²) in [6, 6.07) is 46.9. The summed E-state index contributed by atoms with van der Waals surface area (Å²) in [5.41, 5.74) is 18.8. The molecule has 2 fully saturated rings. The van der Waals surface area contributed by atoms with Crippen LogP contribution in [0.15, 0.2) is 171 Å². The number of unbranched alkanes of at least 4 members (excludes halogenated alkanes) is 5. The minimum Gasteiger partial charge on any atom is -0.504 e. The van der Waals surface area contributed by atoms with Gasteiger partial charge in [0, 0.05) is 114 Å². The number of hydrogen-bond donors (Lipinski definition) is 11. The number of likely N-dealkylation sites (tertiary alicyclic amines) is 1. The second-order valence-electron chi connectivity index (χ2n) is 26.3. The zero-order valence-electron chi connectivity index (χ0n) is 54.7. The van der Waals surface area contributed by atoms with Crippen LogP contribution in [0.4, 0.5) is 17.1 Å². The largest absolute Gasteiger partial charge is 0.504 e. The van der Waals surface area contributed by atoms with Crippen LogP contribution >= 0.6 is 0 Å². The van der Waals surface area contributed by atoms with Gasteiger partial charge in [-0.1, -0.05) is 79.6 Å². The average molecular weight is 1270 g/mol. The van der Waals surface area contributed by atoms with E-state index in [0.29, 0.717) is 17.7 Å². The zero-order valence-corrected chi connectivity index (χ0v) is 54.7. The van der Waals surface area contributed by atoms with Crippen molar-refractivity contribution in [3.8, 4) is 28.4 Å². The van der Waals surface area contributed by atoms with Gasteiger partial charge in [-0.05, 0) is 217 Å². The number of methoxy groups -OCH3 is 1. The maximum atomic E-state index is 12.7. The first-order valence-corrected chi connectivity index (χ1v) is 34.3. The molecule has 3 unspecified atom stereocenters. The van der Waals surface area contributed by atoms with Crippen LogP contribution in [0.2, 0.25) is 0 Å². The SMILES string of the molecule is COc1ccccc1NCCCCNCCCCCCNCCCCNc1ccccc1.C[C@@H](N)Cc1cc[nH]c1.O=C1Nc2ccc(-c3cccnc3)cc2C1=Cc1ccc[nH]1.Oc1ccc2c3c1OC1c4[nH]c5ccccc5c4C[C@@]4(O)C(C2)N(CC2CC2)CCC314. The predicted molar refractivity (Wildman–Crippen MR) is 381 cm³/mol. The number of rotatable bonds is 26. The molecular formula is C78H95N11O5. The Labute approximate surface area is 554 Å². The Morgan fingerprint density at radius 2 is 1.54 bits per heavy atom. The van der Waals surface area contributed by atoms with Gasteiger partial charge in [-0.15, -0.1) is 0 Å². The highest BCUT2D eigenvalue weighted by atomic mass is 16.5. The van der Waals surface area contributed by atoms with E-state index in [2.05, 4.69) is 112 Å². The number of aromatic hydroxyl groups is 1. The lowest BCUT2D eigenvalue weighted by Gasteiger charge is -2.62. The Hall–Kier alpha value is -8.64. The maximum Gasteiger partial charge on any atom is 0.256 e. The molecule has 15 rings (SSSR count).